The van der Waals surface area contributed by atoms with Gasteiger partial charge in [-0.2, -0.15) is 0 Å². The highest BCUT2D eigenvalue weighted by atomic mass is 16.8. The van der Waals surface area contributed by atoms with Crippen molar-refractivity contribution in [2.75, 3.05) is 13.7 Å². The molecule has 0 aliphatic carbocycles. The molecule has 1 fully saturated rings. The molecule has 1 aliphatic heterocycles. The first-order valence-corrected chi connectivity index (χ1v) is 14.4. The van der Waals surface area contributed by atoms with Gasteiger partial charge in [-0.3, -0.25) is 0 Å². The molecule has 2 rings (SSSR count). The molecule has 0 amide bonds. The largest absolute Gasteiger partial charge is 0.497 e. The second kappa shape index (κ2) is 18.0. The summed E-state index contributed by atoms with van der Waals surface area (Å²) >= 11 is 0. The summed E-state index contributed by atoms with van der Waals surface area (Å²) in [6, 6.07) is 8.06. The molecule has 0 spiro atoms. The van der Waals surface area contributed by atoms with Crippen LogP contribution in [0.5, 0.6) is 5.75 Å². The van der Waals surface area contributed by atoms with Gasteiger partial charge in [0.05, 0.1) is 20.3 Å². The molecule has 35 heavy (non-hydrogen) atoms. The second-order valence-corrected chi connectivity index (χ2v) is 9.96. The topological polar surface area (TPSA) is 36.9 Å². The fourth-order valence-electron chi connectivity index (χ4n) is 4.72. The average molecular weight is 489 g/mol. The highest BCUT2D eigenvalue weighted by molar-refractivity contribution is 5.26. The Morgan fingerprint density at radius 3 is 2.03 bits per heavy atom. The van der Waals surface area contributed by atoms with E-state index < -0.39 is 5.79 Å². The van der Waals surface area contributed by atoms with Gasteiger partial charge >= 0.3 is 0 Å². The van der Waals surface area contributed by atoms with Crippen LogP contribution in [0.3, 0.4) is 0 Å². The average Bonchev–Trinajstić information content (AvgIpc) is 3.34. The van der Waals surface area contributed by atoms with Crippen molar-refractivity contribution in [1.29, 1.82) is 0 Å². The lowest BCUT2D eigenvalue weighted by molar-refractivity contribution is -0.182. The third kappa shape index (κ3) is 11.5. The minimum Gasteiger partial charge on any atom is -0.497 e. The summed E-state index contributed by atoms with van der Waals surface area (Å²) < 4.78 is 24.1. The Labute approximate surface area is 215 Å². The van der Waals surface area contributed by atoms with E-state index in [0.717, 1.165) is 30.6 Å². The van der Waals surface area contributed by atoms with Gasteiger partial charge in [-0.15, -0.1) is 0 Å². The number of hydrogen-bond donors (Lipinski definition) is 0. The summed E-state index contributed by atoms with van der Waals surface area (Å²) in [5.74, 6) is 0.399. The van der Waals surface area contributed by atoms with Gasteiger partial charge < -0.3 is 18.9 Å². The Morgan fingerprint density at radius 2 is 1.49 bits per heavy atom. The van der Waals surface area contributed by atoms with Crippen LogP contribution in [0.15, 0.2) is 36.4 Å². The molecule has 1 heterocycles. The van der Waals surface area contributed by atoms with Crippen molar-refractivity contribution in [3.8, 4) is 5.75 Å². The fraction of sp³-hybridized carbons (Fsp3) is 0.742. The molecular formula is C31H52O4. The maximum Gasteiger partial charge on any atom is 0.168 e. The van der Waals surface area contributed by atoms with E-state index in [0.29, 0.717) is 13.2 Å². The van der Waals surface area contributed by atoms with E-state index in [2.05, 4.69) is 45.1 Å². The van der Waals surface area contributed by atoms with Gasteiger partial charge in [0.15, 0.2) is 5.79 Å². The van der Waals surface area contributed by atoms with Crippen LogP contribution >= 0.6 is 0 Å². The minimum absolute atomic E-state index is 0.0678. The Balaban J connectivity index is 1.72. The molecule has 2 atom stereocenters. The van der Waals surface area contributed by atoms with E-state index in [1.807, 2.05) is 12.1 Å². The Morgan fingerprint density at radius 1 is 0.886 bits per heavy atom. The molecule has 0 radical (unpaired) electrons. The first kappa shape index (κ1) is 29.9. The number of methoxy groups -OCH3 is 1. The lowest BCUT2D eigenvalue weighted by Crippen LogP contribution is -2.34. The molecule has 1 aromatic rings. The van der Waals surface area contributed by atoms with Crippen LogP contribution in [0.2, 0.25) is 0 Å². The fourth-order valence-corrected chi connectivity index (χ4v) is 4.72. The lowest BCUT2D eigenvalue weighted by atomic mass is 10.0. The summed E-state index contributed by atoms with van der Waals surface area (Å²) in [5, 5.41) is 0. The van der Waals surface area contributed by atoms with Gasteiger partial charge in [-0.25, -0.2) is 0 Å². The van der Waals surface area contributed by atoms with Crippen molar-refractivity contribution in [3.05, 3.63) is 42.0 Å². The van der Waals surface area contributed by atoms with Gasteiger partial charge in [-0.1, -0.05) is 109 Å². The molecule has 1 saturated heterocycles. The zero-order valence-corrected chi connectivity index (χ0v) is 23.1. The van der Waals surface area contributed by atoms with E-state index in [9.17, 15) is 0 Å². The van der Waals surface area contributed by atoms with Crippen LogP contribution in [0.25, 0.3) is 0 Å². The van der Waals surface area contributed by atoms with E-state index in [1.54, 1.807) is 7.11 Å². The zero-order chi connectivity index (χ0) is 25.2. The summed E-state index contributed by atoms with van der Waals surface area (Å²) in [4.78, 5) is 0. The Hall–Kier alpha value is -1.36. The molecule has 200 valence electrons. The van der Waals surface area contributed by atoms with Crippen molar-refractivity contribution in [2.24, 2.45) is 0 Å². The molecule has 1 aromatic carbocycles. The number of hydrogen-bond acceptors (Lipinski definition) is 4. The molecular weight excluding hydrogens is 436 g/mol. The Bertz CT molecular complexity index is 665. The van der Waals surface area contributed by atoms with Crippen molar-refractivity contribution in [1.82, 2.24) is 0 Å². The predicted octanol–water partition coefficient (Wildman–Crippen LogP) is 8.77. The first-order valence-electron chi connectivity index (χ1n) is 14.4. The van der Waals surface area contributed by atoms with Crippen molar-refractivity contribution in [3.63, 3.8) is 0 Å². The van der Waals surface area contributed by atoms with Crippen LogP contribution in [-0.2, 0) is 20.8 Å². The molecule has 1 aliphatic rings. The SMILES string of the molecule is CCCCCCCCCCCCC/C=C/[C@@H](OCc1ccc(OC)cc1)[C@H]1COC(CC)(CC)O1. The first-order chi connectivity index (χ1) is 17.2. The van der Waals surface area contributed by atoms with Crippen LogP contribution in [0, 0.1) is 0 Å². The van der Waals surface area contributed by atoms with Crippen LogP contribution in [0.1, 0.15) is 116 Å². The smallest absolute Gasteiger partial charge is 0.168 e. The van der Waals surface area contributed by atoms with E-state index in [1.165, 1.54) is 70.6 Å². The molecule has 0 unspecified atom stereocenters. The summed E-state index contributed by atoms with van der Waals surface area (Å²) in [7, 11) is 1.69. The van der Waals surface area contributed by atoms with Crippen molar-refractivity contribution in [2.45, 2.75) is 135 Å². The zero-order valence-electron chi connectivity index (χ0n) is 23.1. The number of ether oxygens (including phenoxy) is 4. The van der Waals surface area contributed by atoms with Gasteiger partial charge in [0.1, 0.15) is 18.0 Å². The Kier molecular flexibility index (Phi) is 15.3. The molecule has 0 bridgehead atoms. The number of allylic oxidation sites excluding steroid dienone is 1. The highest BCUT2D eigenvalue weighted by Crippen LogP contribution is 2.32. The summed E-state index contributed by atoms with van der Waals surface area (Å²) in [6.45, 7) is 7.66. The summed E-state index contributed by atoms with van der Waals surface area (Å²) in [5.41, 5.74) is 1.13. The van der Waals surface area contributed by atoms with Crippen LogP contribution < -0.4 is 4.74 Å². The number of benzene rings is 1. The molecule has 4 heteroatoms. The van der Waals surface area contributed by atoms with Crippen LogP contribution in [-0.4, -0.2) is 31.7 Å². The molecule has 0 saturated carbocycles. The molecule has 0 aromatic heterocycles. The monoisotopic (exact) mass is 488 g/mol. The third-order valence-electron chi connectivity index (χ3n) is 7.22. The quantitative estimate of drug-likeness (QED) is 0.136. The predicted molar refractivity (Wildman–Crippen MR) is 146 cm³/mol. The van der Waals surface area contributed by atoms with Gasteiger partial charge in [0.2, 0.25) is 0 Å². The van der Waals surface area contributed by atoms with Gasteiger partial charge in [-0.05, 0) is 43.4 Å². The van der Waals surface area contributed by atoms with E-state index in [-0.39, 0.29) is 12.2 Å². The summed E-state index contributed by atoms with van der Waals surface area (Å²) in [6.07, 6.45) is 22.2. The van der Waals surface area contributed by atoms with E-state index >= 15 is 0 Å². The van der Waals surface area contributed by atoms with Crippen molar-refractivity contribution >= 4 is 0 Å². The molecule has 4 nitrogen and oxygen atoms in total. The standard InChI is InChI=1S/C31H52O4/c1-5-8-9-10-11-12-13-14-15-16-17-18-19-20-29(30-26-34-31(6-2,7-3)35-30)33-25-27-21-23-28(32-4)24-22-27/h19-24,29-30H,5-18,25-26H2,1-4H3/b20-19+/t29-,30-/m1/s1. The third-order valence-corrected chi connectivity index (χ3v) is 7.22. The second-order valence-electron chi connectivity index (χ2n) is 9.96. The van der Waals surface area contributed by atoms with Crippen molar-refractivity contribution < 1.29 is 18.9 Å². The molecule has 0 N–H and O–H groups in total. The number of unbranched alkanes of at least 4 members (excludes halogenated alkanes) is 11. The van der Waals surface area contributed by atoms with E-state index in [4.69, 9.17) is 18.9 Å². The maximum absolute atomic E-state index is 6.38. The minimum atomic E-state index is -0.462. The van der Waals surface area contributed by atoms with Gasteiger partial charge in [0, 0.05) is 0 Å². The van der Waals surface area contributed by atoms with Crippen LogP contribution in [0.4, 0.5) is 0 Å². The number of rotatable bonds is 20. The normalized spacial score (nSPS) is 18.3. The lowest BCUT2D eigenvalue weighted by Gasteiger charge is -2.27. The highest BCUT2D eigenvalue weighted by Gasteiger charge is 2.41. The maximum atomic E-state index is 6.38. The van der Waals surface area contributed by atoms with Gasteiger partial charge in [0.25, 0.3) is 0 Å².